The van der Waals surface area contributed by atoms with Crippen LogP contribution in [0.5, 0.6) is 5.75 Å². The number of aromatic nitrogens is 2. The minimum absolute atomic E-state index is 0.0642. The normalized spacial score (nSPS) is 10.7. The molecule has 0 bridgehead atoms. The second kappa shape index (κ2) is 6.86. The molecule has 128 valence electrons. The fraction of sp³-hybridized carbons (Fsp3) is 0.0625. The Kier molecular flexibility index (Phi) is 4.62. The molecule has 0 saturated carbocycles. The van der Waals surface area contributed by atoms with Gasteiger partial charge in [0, 0.05) is 10.6 Å². The predicted octanol–water partition coefficient (Wildman–Crippen LogP) is 3.35. The van der Waals surface area contributed by atoms with Gasteiger partial charge < -0.3 is 15.0 Å². The molecule has 25 heavy (non-hydrogen) atoms. The fourth-order valence-electron chi connectivity index (χ4n) is 2.04. The SMILES string of the molecule is NC(=O)c1c(F)ccc(OCc2nc(-c3ccc(Cl)cc3)no2)c1F. The van der Waals surface area contributed by atoms with Crippen molar-refractivity contribution in [2.24, 2.45) is 5.73 Å². The summed E-state index contributed by atoms with van der Waals surface area (Å²) >= 11 is 5.80. The highest BCUT2D eigenvalue weighted by Crippen LogP contribution is 2.24. The Bertz CT molecular complexity index is 929. The molecule has 0 spiro atoms. The lowest BCUT2D eigenvalue weighted by Crippen LogP contribution is -2.16. The molecule has 3 rings (SSSR count). The molecule has 0 unspecified atom stereocenters. The maximum absolute atomic E-state index is 14.0. The van der Waals surface area contributed by atoms with Crippen molar-refractivity contribution in [1.29, 1.82) is 0 Å². The van der Waals surface area contributed by atoms with Gasteiger partial charge in [0.2, 0.25) is 5.82 Å². The van der Waals surface area contributed by atoms with E-state index >= 15 is 0 Å². The number of nitrogens with two attached hydrogens (primary N) is 1. The van der Waals surface area contributed by atoms with E-state index in [2.05, 4.69) is 10.1 Å². The largest absolute Gasteiger partial charge is 0.481 e. The van der Waals surface area contributed by atoms with E-state index in [-0.39, 0.29) is 18.2 Å². The zero-order valence-electron chi connectivity index (χ0n) is 12.5. The molecule has 9 heteroatoms. The summed E-state index contributed by atoms with van der Waals surface area (Å²) in [6.07, 6.45) is 0. The van der Waals surface area contributed by atoms with Crippen molar-refractivity contribution in [2.45, 2.75) is 6.61 Å². The number of rotatable bonds is 5. The third-order valence-corrected chi connectivity index (χ3v) is 3.48. The predicted molar refractivity (Wildman–Crippen MR) is 84.0 cm³/mol. The first-order valence-electron chi connectivity index (χ1n) is 6.95. The molecule has 3 aromatic rings. The summed E-state index contributed by atoms with van der Waals surface area (Å²) in [5.74, 6) is -3.49. The monoisotopic (exact) mass is 365 g/mol. The summed E-state index contributed by atoms with van der Waals surface area (Å²) in [6.45, 7) is -0.276. The average Bonchev–Trinajstić information content (AvgIpc) is 3.03. The molecular formula is C16H10ClF2N3O3. The minimum atomic E-state index is -1.23. The van der Waals surface area contributed by atoms with E-state index in [1.807, 2.05) is 0 Å². The van der Waals surface area contributed by atoms with E-state index < -0.39 is 23.1 Å². The quantitative estimate of drug-likeness (QED) is 0.748. The van der Waals surface area contributed by atoms with Crippen molar-refractivity contribution in [1.82, 2.24) is 10.1 Å². The topological polar surface area (TPSA) is 91.2 Å². The Balaban J connectivity index is 1.76. The van der Waals surface area contributed by atoms with Crippen LogP contribution in [0.25, 0.3) is 11.4 Å². The Hall–Kier alpha value is -3.00. The highest BCUT2D eigenvalue weighted by molar-refractivity contribution is 6.30. The highest BCUT2D eigenvalue weighted by Gasteiger charge is 2.20. The molecule has 0 radical (unpaired) electrons. The van der Waals surface area contributed by atoms with Gasteiger partial charge in [-0.1, -0.05) is 16.8 Å². The molecule has 0 aliphatic heterocycles. The van der Waals surface area contributed by atoms with Crippen LogP contribution in [0, 0.1) is 11.6 Å². The van der Waals surface area contributed by atoms with Gasteiger partial charge in [0.15, 0.2) is 18.2 Å². The van der Waals surface area contributed by atoms with Crippen molar-refractivity contribution >= 4 is 17.5 Å². The third kappa shape index (κ3) is 3.58. The van der Waals surface area contributed by atoms with Gasteiger partial charge in [0.05, 0.1) is 0 Å². The van der Waals surface area contributed by atoms with Crippen LogP contribution in [-0.2, 0) is 6.61 Å². The molecule has 1 heterocycles. The van der Waals surface area contributed by atoms with Crippen LogP contribution in [0.2, 0.25) is 5.02 Å². The van der Waals surface area contributed by atoms with E-state index in [0.717, 1.165) is 12.1 Å². The Morgan fingerprint density at radius 1 is 1.20 bits per heavy atom. The summed E-state index contributed by atoms with van der Waals surface area (Å²) in [7, 11) is 0. The summed E-state index contributed by atoms with van der Waals surface area (Å²) in [5.41, 5.74) is 4.74. The molecule has 0 aliphatic carbocycles. The first-order chi connectivity index (χ1) is 12.0. The van der Waals surface area contributed by atoms with Crippen molar-refractivity contribution in [2.75, 3.05) is 0 Å². The second-order valence-electron chi connectivity index (χ2n) is 4.91. The van der Waals surface area contributed by atoms with Gasteiger partial charge in [-0.05, 0) is 36.4 Å². The van der Waals surface area contributed by atoms with Gasteiger partial charge in [-0.3, -0.25) is 4.79 Å². The van der Waals surface area contributed by atoms with E-state index in [1.54, 1.807) is 24.3 Å². The summed E-state index contributed by atoms with van der Waals surface area (Å²) in [6, 6.07) is 8.66. The number of hydrogen-bond donors (Lipinski definition) is 1. The standard InChI is InChI=1S/C16H10ClF2N3O3/c17-9-3-1-8(2-4-9)16-21-12(25-22-16)7-24-11-6-5-10(18)13(14(11)19)15(20)23/h1-6H,7H2,(H2,20,23). The van der Waals surface area contributed by atoms with Crippen LogP contribution in [0.15, 0.2) is 40.9 Å². The van der Waals surface area contributed by atoms with Gasteiger partial charge in [-0.15, -0.1) is 0 Å². The van der Waals surface area contributed by atoms with Crippen LogP contribution in [0.3, 0.4) is 0 Å². The second-order valence-corrected chi connectivity index (χ2v) is 5.34. The number of benzene rings is 2. The van der Waals surface area contributed by atoms with E-state index in [1.165, 1.54) is 0 Å². The lowest BCUT2D eigenvalue weighted by Gasteiger charge is -2.07. The zero-order chi connectivity index (χ0) is 18.0. The molecule has 0 aliphatic rings. The first kappa shape index (κ1) is 16.8. The van der Waals surface area contributed by atoms with Crippen LogP contribution >= 0.6 is 11.6 Å². The third-order valence-electron chi connectivity index (χ3n) is 3.22. The van der Waals surface area contributed by atoms with Crippen LogP contribution in [0.4, 0.5) is 8.78 Å². The van der Waals surface area contributed by atoms with Gasteiger partial charge in [0.1, 0.15) is 11.4 Å². The van der Waals surface area contributed by atoms with Crippen LogP contribution < -0.4 is 10.5 Å². The van der Waals surface area contributed by atoms with Gasteiger partial charge >= 0.3 is 0 Å². The van der Waals surface area contributed by atoms with E-state index in [4.69, 9.17) is 26.6 Å². The summed E-state index contributed by atoms with van der Waals surface area (Å²) < 4.78 is 37.6. The zero-order valence-corrected chi connectivity index (χ0v) is 13.3. The lowest BCUT2D eigenvalue weighted by molar-refractivity contribution is 0.0991. The van der Waals surface area contributed by atoms with E-state index in [9.17, 15) is 13.6 Å². The smallest absolute Gasteiger partial charge is 0.264 e. The number of carbonyl (C=O) groups excluding carboxylic acids is 1. The Labute approximate surface area is 145 Å². The maximum atomic E-state index is 14.0. The van der Waals surface area contributed by atoms with Gasteiger partial charge in [-0.25, -0.2) is 8.78 Å². The molecule has 2 aromatic carbocycles. The fourth-order valence-corrected chi connectivity index (χ4v) is 2.17. The van der Waals surface area contributed by atoms with Crippen molar-refractivity contribution in [3.8, 4) is 17.1 Å². The number of amides is 1. The lowest BCUT2D eigenvalue weighted by atomic mass is 10.1. The molecule has 6 nitrogen and oxygen atoms in total. The first-order valence-corrected chi connectivity index (χ1v) is 7.32. The van der Waals surface area contributed by atoms with Crippen molar-refractivity contribution in [3.63, 3.8) is 0 Å². The molecular weight excluding hydrogens is 356 g/mol. The molecule has 2 N–H and O–H groups in total. The van der Waals surface area contributed by atoms with Gasteiger partial charge in [0.25, 0.3) is 11.8 Å². The van der Waals surface area contributed by atoms with Crippen LogP contribution in [-0.4, -0.2) is 16.0 Å². The number of ether oxygens (including phenoxy) is 1. The number of halogens is 3. The average molecular weight is 366 g/mol. The number of carbonyl (C=O) groups is 1. The van der Waals surface area contributed by atoms with Crippen LogP contribution in [0.1, 0.15) is 16.2 Å². The maximum Gasteiger partial charge on any atom is 0.264 e. The Morgan fingerprint density at radius 2 is 1.92 bits per heavy atom. The number of nitrogens with zero attached hydrogens (tertiary/aromatic N) is 2. The molecule has 0 fully saturated rings. The Morgan fingerprint density at radius 3 is 2.60 bits per heavy atom. The number of primary amides is 1. The summed E-state index contributed by atoms with van der Waals surface area (Å²) in [5, 5.41) is 4.34. The number of hydrogen-bond acceptors (Lipinski definition) is 5. The van der Waals surface area contributed by atoms with Crippen molar-refractivity contribution in [3.05, 3.63) is 64.5 Å². The highest BCUT2D eigenvalue weighted by atomic mass is 35.5. The van der Waals surface area contributed by atoms with Gasteiger partial charge in [-0.2, -0.15) is 4.98 Å². The van der Waals surface area contributed by atoms with Crippen molar-refractivity contribution < 1.29 is 22.8 Å². The summed E-state index contributed by atoms with van der Waals surface area (Å²) in [4.78, 5) is 15.2. The molecule has 0 saturated heterocycles. The molecule has 1 amide bonds. The van der Waals surface area contributed by atoms with E-state index in [0.29, 0.717) is 16.4 Å². The molecule has 0 atom stereocenters. The minimum Gasteiger partial charge on any atom is -0.481 e. The molecule has 1 aromatic heterocycles.